The SMILES string of the molecule is COc1nccc(C2(c3ccc(OC(C)F)c(C)c3)N=C(N)N(C)C2=O)n1. The first kappa shape index (κ1) is 18.6. The van der Waals surface area contributed by atoms with Crippen molar-refractivity contribution >= 4 is 11.9 Å². The Kier molecular flexibility index (Phi) is 4.69. The molecule has 8 nitrogen and oxygen atoms in total. The number of ether oxygens (including phenoxy) is 2. The van der Waals surface area contributed by atoms with E-state index in [1.165, 1.54) is 32.2 Å². The van der Waals surface area contributed by atoms with Gasteiger partial charge in [0.05, 0.1) is 12.8 Å². The van der Waals surface area contributed by atoms with Crippen LogP contribution in [0.25, 0.3) is 0 Å². The van der Waals surface area contributed by atoms with Gasteiger partial charge in [0.25, 0.3) is 5.91 Å². The molecule has 3 rings (SSSR count). The maximum absolute atomic E-state index is 13.2. The monoisotopic (exact) mass is 373 g/mol. The molecule has 0 aliphatic carbocycles. The number of alkyl halides is 1. The highest BCUT2D eigenvalue weighted by Gasteiger charge is 2.51. The summed E-state index contributed by atoms with van der Waals surface area (Å²) in [6.07, 6.45) is 0.0255. The molecular weight excluding hydrogens is 353 g/mol. The van der Waals surface area contributed by atoms with E-state index in [0.717, 1.165) is 0 Å². The Morgan fingerprint density at radius 1 is 1.33 bits per heavy atom. The molecule has 2 heterocycles. The molecule has 1 aliphatic rings. The molecular formula is C18H20FN5O3. The van der Waals surface area contributed by atoms with Crippen LogP contribution in [0.4, 0.5) is 4.39 Å². The summed E-state index contributed by atoms with van der Waals surface area (Å²) >= 11 is 0. The number of aliphatic imine (C=N–C) groups is 1. The highest BCUT2D eigenvalue weighted by atomic mass is 19.1. The second-order valence-electron chi connectivity index (χ2n) is 6.11. The van der Waals surface area contributed by atoms with E-state index in [9.17, 15) is 9.18 Å². The first-order valence-corrected chi connectivity index (χ1v) is 8.22. The van der Waals surface area contributed by atoms with E-state index in [1.54, 1.807) is 31.2 Å². The molecule has 0 spiro atoms. The van der Waals surface area contributed by atoms with E-state index in [1.807, 2.05) is 0 Å². The number of nitrogens with two attached hydrogens (primary N) is 1. The Morgan fingerprint density at radius 3 is 2.63 bits per heavy atom. The van der Waals surface area contributed by atoms with Gasteiger partial charge in [0, 0.05) is 20.2 Å². The normalized spacial score (nSPS) is 20.4. The Labute approximate surface area is 155 Å². The molecule has 1 aromatic carbocycles. The number of aryl methyl sites for hydroxylation is 1. The number of carbonyl (C=O) groups is 1. The lowest BCUT2D eigenvalue weighted by atomic mass is 9.85. The molecule has 142 valence electrons. The summed E-state index contributed by atoms with van der Waals surface area (Å²) in [6.45, 7) is 3.05. The van der Waals surface area contributed by atoms with E-state index in [-0.39, 0.29) is 17.9 Å². The number of hydrogen-bond acceptors (Lipinski definition) is 7. The fourth-order valence-corrected chi connectivity index (χ4v) is 2.97. The van der Waals surface area contributed by atoms with Crippen LogP contribution in [0.1, 0.15) is 23.7 Å². The van der Waals surface area contributed by atoms with Crippen molar-refractivity contribution in [2.24, 2.45) is 10.7 Å². The standard InChI is InChI=1S/C18H20FN5O3/c1-10-9-12(5-6-13(10)27-11(2)19)18(15(25)24(3)16(20)23-18)14-7-8-21-17(22-14)26-4/h5-9,11H,1-4H3,(H2,20,23). The van der Waals surface area contributed by atoms with Gasteiger partial charge in [0.2, 0.25) is 11.9 Å². The van der Waals surface area contributed by atoms with Gasteiger partial charge in [-0.3, -0.25) is 9.69 Å². The van der Waals surface area contributed by atoms with Crippen molar-refractivity contribution in [2.75, 3.05) is 14.2 Å². The van der Waals surface area contributed by atoms with Crippen LogP contribution in [0.3, 0.4) is 0 Å². The molecule has 1 aliphatic heterocycles. The molecule has 2 unspecified atom stereocenters. The van der Waals surface area contributed by atoms with Crippen molar-refractivity contribution in [3.05, 3.63) is 47.3 Å². The number of carbonyl (C=O) groups excluding carboxylic acids is 1. The van der Waals surface area contributed by atoms with Gasteiger partial charge in [-0.2, -0.15) is 4.98 Å². The zero-order valence-electron chi connectivity index (χ0n) is 15.4. The highest BCUT2D eigenvalue weighted by Crippen LogP contribution is 2.40. The van der Waals surface area contributed by atoms with Crippen LogP contribution in [-0.2, 0) is 10.3 Å². The number of halogens is 1. The molecule has 0 bridgehead atoms. The molecule has 0 saturated heterocycles. The average molecular weight is 373 g/mol. The Hall–Kier alpha value is -3.23. The van der Waals surface area contributed by atoms with Crippen molar-refractivity contribution in [1.82, 2.24) is 14.9 Å². The van der Waals surface area contributed by atoms with Crippen LogP contribution in [0.2, 0.25) is 0 Å². The van der Waals surface area contributed by atoms with Gasteiger partial charge >= 0.3 is 6.01 Å². The largest absolute Gasteiger partial charge is 0.467 e. The first-order valence-electron chi connectivity index (χ1n) is 8.22. The van der Waals surface area contributed by atoms with Crippen molar-refractivity contribution in [3.8, 4) is 11.8 Å². The second-order valence-corrected chi connectivity index (χ2v) is 6.11. The highest BCUT2D eigenvalue weighted by molar-refractivity contribution is 6.08. The molecule has 9 heteroatoms. The molecule has 2 atom stereocenters. The second kappa shape index (κ2) is 6.82. The van der Waals surface area contributed by atoms with Crippen molar-refractivity contribution < 1.29 is 18.7 Å². The van der Waals surface area contributed by atoms with E-state index < -0.39 is 11.9 Å². The van der Waals surface area contributed by atoms with Gasteiger partial charge in [-0.25, -0.2) is 14.4 Å². The molecule has 0 radical (unpaired) electrons. The maximum Gasteiger partial charge on any atom is 0.316 e. The van der Waals surface area contributed by atoms with Crippen LogP contribution < -0.4 is 15.2 Å². The molecule has 27 heavy (non-hydrogen) atoms. The van der Waals surface area contributed by atoms with Gasteiger partial charge in [0.1, 0.15) is 5.75 Å². The summed E-state index contributed by atoms with van der Waals surface area (Å²) in [7, 11) is 2.97. The molecule has 0 fully saturated rings. The Morgan fingerprint density at radius 2 is 2.07 bits per heavy atom. The van der Waals surface area contributed by atoms with E-state index in [2.05, 4.69) is 15.0 Å². The predicted octanol–water partition coefficient (Wildman–Crippen LogP) is 1.52. The number of hydrogen-bond donors (Lipinski definition) is 1. The van der Waals surface area contributed by atoms with E-state index in [0.29, 0.717) is 22.6 Å². The minimum Gasteiger partial charge on any atom is -0.467 e. The van der Waals surface area contributed by atoms with Crippen LogP contribution in [0.5, 0.6) is 11.8 Å². The predicted molar refractivity (Wildman–Crippen MR) is 96.1 cm³/mol. The minimum atomic E-state index is -1.49. The fourth-order valence-electron chi connectivity index (χ4n) is 2.97. The van der Waals surface area contributed by atoms with Gasteiger partial charge in [-0.1, -0.05) is 6.07 Å². The zero-order chi connectivity index (χ0) is 19.8. The number of likely N-dealkylation sites (N-methyl/N-ethyl adjacent to an activating group) is 1. The van der Waals surface area contributed by atoms with Crippen molar-refractivity contribution in [2.45, 2.75) is 25.7 Å². The third kappa shape index (κ3) is 3.05. The van der Waals surface area contributed by atoms with Gasteiger partial charge in [-0.05, 0) is 36.2 Å². The number of aromatic nitrogens is 2. The van der Waals surface area contributed by atoms with E-state index >= 15 is 0 Å². The summed E-state index contributed by atoms with van der Waals surface area (Å²) in [4.78, 5) is 27.1. The summed E-state index contributed by atoms with van der Waals surface area (Å²) in [5.74, 6) is 0.0699. The Bertz CT molecular complexity index is 918. The smallest absolute Gasteiger partial charge is 0.316 e. The number of nitrogens with zero attached hydrogens (tertiary/aromatic N) is 4. The van der Waals surface area contributed by atoms with Gasteiger partial charge in [0.15, 0.2) is 5.96 Å². The summed E-state index contributed by atoms with van der Waals surface area (Å²) in [6, 6.07) is 6.64. The first-order chi connectivity index (χ1) is 12.8. The quantitative estimate of drug-likeness (QED) is 0.852. The van der Waals surface area contributed by atoms with Crippen LogP contribution in [0, 0.1) is 6.92 Å². The molecule has 2 aromatic rings. The van der Waals surface area contributed by atoms with E-state index in [4.69, 9.17) is 15.2 Å². The number of amides is 1. The summed E-state index contributed by atoms with van der Waals surface area (Å²) in [5, 5.41) is 0. The number of benzene rings is 1. The van der Waals surface area contributed by atoms with Crippen molar-refractivity contribution in [3.63, 3.8) is 0 Å². The average Bonchev–Trinajstić information content (AvgIpc) is 2.88. The minimum absolute atomic E-state index is 0.0629. The number of rotatable bonds is 5. The lowest BCUT2D eigenvalue weighted by molar-refractivity contribution is -0.129. The molecule has 1 aromatic heterocycles. The van der Waals surface area contributed by atoms with Crippen LogP contribution >= 0.6 is 0 Å². The molecule has 2 N–H and O–H groups in total. The Balaban J connectivity index is 2.20. The van der Waals surface area contributed by atoms with Gasteiger partial charge in [-0.15, -0.1) is 0 Å². The van der Waals surface area contributed by atoms with Crippen LogP contribution in [-0.4, -0.2) is 47.2 Å². The van der Waals surface area contributed by atoms with Crippen LogP contribution in [0.15, 0.2) is 35.5 Å². The number of methoxy groups -OCH3 is 1. The molecule has 1 amide bonds. The topological polar surface area (TPSA) is 103 Å². The maximum atomic E-state index is 13.2. The van der Waals surface area contributed by atoms with Crippen molar-refractivity contribution in [1.29, 1.82) is 0 Å². The summed E-state index contributed by atoms with van der Waals surface area (Å²) in [5.41, 5.74) is 5.93. The summed E-state index contributed by atoms with van der Waals surface area (Å²) < 4.78 is 23.4. The lowest BCUT2D eigenvalue weighted by Gasteiger charge is -2.25. The third-order valence-corrected chi connectivity index (χ3v) is 4.31. The fraction of sp³-hybridized carbons (Fsp3) is 0.333. The van der Waals surface area contributed by atoms with Gasteiger partial charge < -0.3 is 15.2 Å². The third-order valence-electron chi connectivity index (χ3n) is 4.31. The molecule has 0 saturated carbocycles. The zero-order valence-corrected chi connectivity index (χ0v) is 15.4. The number of guanidine groups is 1. The lowest BCUT2D eigenvalue weighted by Crippen LogP contribution is -2.41.